The van der Waals surface area contributed by atoms with Crippen molar-refractivity contribution in [3.63, 3.8) is 0 Å². The average molecular weight is 466 g/mol. The van der Waals surface area contributed by atoms with Crippen molar-refractivity contribution in [2.45, 2.75) is 25.7 Å². The van der Waals surface area contributed by atoms with Gasteiger partial charge in [0.25, 0.3) is 0 Å². The number of carbonyl (C=O) groups excluding carboxylic acids is 4. The van der Waals surface area contributed by atoms with Gasteiger partial charge in [0.2, 0.25) is 0 Å². The van der Waals surface area contributed by atoms with Crippen LogP contribution in [-0.2, 0) is 23.9 Å². The summed E-state index contributed by atoms with van der Waals surface area (Å²) in [4.78, 5) is 47.8. The van der Waals surface area contributed by atoms with Gasteiger partial charge < -0.3 is 18.9 Å². The third-order valence-corrected chi connectivity index (χ3v) is 5.39. The summed E-state index contributed by atoms with van der Waals surface area (Å²) in [6.45, 7) is 3.11. The Morgan fingerprint density at radius 3 is 1.76 bits per heavy atom. The minimum Gasteiger partial charge on any atom is -0.459 e. The lowest BCUT2D eigenvalue weighted by Crippen LogP contribution is -2.30. The van der Waals surface area contributed by atoms with E-state index in [-0.39, 0.29) is 42.6 Å². The number of benzene rings is 2. The second-order valence-corrected chi connectivity index (χ2v) is 7.74. The van der Waals surface area contributed by atoms with E-state index >= 15 is 0 Å². The SMILES string of the molecule is C=CC(=O)OCCOC(=O)c1ccc(OC(=O)C2CCC(C(=O)Oc3ccccc3)CC2)cc1. The van der Waals surface area contributed by atoms with Gasteiger partial charge in [0, 0.05) is 6.08 Å². The van der Waals surface area contributed by atoms with Crippen LogP contribution in [0.3, 0.4) is 0 Å². The Hall–Kier alpha value is -3.94. The lowest BCUT2D eigenvalue weighted by Gasteiger charge is -2.25. The number of hydrogen-bond donors (Lipinski definition) is 0. The highest BCUT2D eigenvalue weighted by Gasteiger charge is 2.32. The average Bonchev–Trinajstić information content (AvgIpc) is 2.87. The van der Waals surface area contributed by atoms with E-state index in [0.717, 1.165) is 6.08 Å². The molecule has 8 heteroatoms. The van der Waals surface area contributed by atoms with Crippen LogP contribution >= 0.6 is 0 Å². The molecule has 0 amide bonds. The van der Waals surface area contributed by atoms with Crippen LogP contribution < -0.4 is 9.47 Å². The first kappa shape index (κ1) is 24.7. The second-order valence-electron chi connectivity index (χ2n) is 7.74. The van der Waals surface area contributed by atoms with Gasteiger partial charge in [-0.3, -0.25) is 9.59 Å². The van der Waals surface area contributed by atoms with Gasteiger partial charge in [-0.05, 0) is 62.1 Å². The number of ether oxygens (including phenoxy) is 4. The zero-order valence-electron chi connectivity index (χ0n) is 18.6. The number of hydrogen-bond acceptors (Lipinski definition) is 8. The van der Waals surface area contributed by atoms with Crippen LogP contribution in [0.25, 0.3) is 0 Å². The molecule has 0 atom stereocenters. The molecule has 0 spiro atoms. The Bertz CT molecular complexity index is 1000. The molecule has 0 aliphatic heterocycles. The molecule has 8 nitrogen and oxygen atoms in total. The van der Waals surface area contributed by atoms with Crippen LogP contribution in [0.1, 0.15) is 36.0 Å². The molecule has 0 heterocycles. The molecule has 1 aliphatic carbocycles. The van der Waals surface area contributed by atoms with Crippen molar-refractivity contribution in [1.82, 2.24) is 0 Å². The van der Waals surface area contributed by atoms with E-state index in [1.807, 2.05) is 6.07 Å². The van der Waals surface area contributed by atoms with Crippen LogP contribution in [0.4, 0.5) is 0 Å². The Morgan fingerprint density at radius 1 is 0.735 bits per heavy atom. The van der Waals surface area contributed by atoms with Gasteiger partial charge in [0.05, 0.1) is 17.4 Å². The summed E-state index contributed by atoms with van der Waals surface area (Å²) >= 11 is 0. The van der Waals surface area contributed by atoms with Gasteiger partial charge >= 0.3 is 23.9 Å². The molecule has 1 saturated carbocycles. The van der Waals surface area contributed by atoms with E-state index in [1.54, 1.807) is 24.3 Å². The highest BCUT2D eigenvalue weighted by molar-refractivity contribution is 5.89. The normalized spacial score (nSPS) is 17.2. The fraction of sp³-hybridized carbons (Fsp3) is 0.308. The van der Waals surface area contributed by atoms with Crippen LogP contribution in [0.2, 0.25) is 0 Å². The van der Waals surface area contributed by atoms with Crippen molar-refractivity contribution in [2.75, 3.05) is 13.2 Å². The number of carbonyl (C=O) groups is 4. The fourth-order valence-electron chi connectivity index (χ4n) is 3.53. The van der Waals surface area contributed by atoms with Crippen LogP contribution in [-0.4, -0.2) is 37.1 Å². The van der Waals surface area contributed by atoms with Crippen molar-refractivity contribution in [2.24, 2.45) is 11.8 Å². The quantitative estimate of drug-likeness (QED) is 0.237. The number of para-hydroxylation sites is 1. The molecule has 1 fully saturated rings. The Kier molecular flexibility index (Phi) is 8.96. The molecule has 0 bridgehead atoms. The number of esters is 4. The zero-order valence-corrected chi connectivity index (χ0v) is 18.6. The van der Waals surface area contributed by atoms with E-state index in [4.69, 9.17) is 18.9 Å². The first-order valence-corrected chi connectivity index (χ1v) is 11.0. The summed E-state index contributed by atoms with van der Waals surface area (Å²) < 4.78 is 20.6. The van der Waals surface area contributed by atoms with Gasteiger partial charge in [-0.25, -0.2) is 9.59 Å². The molecule has 2 aromatic carbocycles. The zero-order chi connectivity index (χ0) is 24.3. The largest absolute Gasteiger partial charge is 0.459 e. The van der Waals surface area contributed by atoms with Crippen LogP contribution in [0.5, 0.6) is 11.5 Å². The van der Waals surface area contributed by atoms with E-state index < -0.39 is 11.9 Å². The van der Waals surface area contributed by atoms with Gasteiger partial charge in [-0.1, -0.05) is 24.8 Å². The fourth-order valence-corrected chi connectivity index (χ4v) is 3.53. The highest BCUT2D eigenvalue weighted by atomic mass is 16.6. The topological polar surface area (TPSA) is 105 Å². The van der Waals surface area contributed by atoms with E-state index in [0.29, 0.717) is 37.2 Å². The molecule has 0 radical (unpaired) electrons. The van der Waals surface area contributed by atoms with Crippen LogP contribution in [0, 0.1) is 11.8 Å². The standard InChI is InChI=1S/C26H26O8/c1-2-23(27)31-16-17-32-24(28)18-12-14-22(15-13-18)34-26(30)20-10-8-19(9-11-20)25(29)33-21-6-4-3-5-7-21/h2-7,12-15,19-20H,1,8-11,16-17H2. The molecule has 3 rings (SSSR count). The maximum Gasteiger partial charge on any atom is 0.338 e. The molecule has 34 heavy (non-hydrogen) atoms. The van der Waals surface area contributed by atoms with Gasteiger partial charge in [-0.15, -0.1) is 0 Å². The van der Waals surface area contributed by atoms with Crippen molar-refractivity contribution >= 4 is 23.9 Å². The maximum atomic E-state index is 12.5. The summed E-state index contributed by atoms with van der Waals surface area (Å²) in [5.41, 5.74) is 0.271. The van der Waals surface area contributed by atoms with Gasteiger partial charge in [0.1, 0.15) is 24.7 Å². The highest BCUT2D eigenvalue weighted by Crippen LogP contribution is 2.31. The maximum absolute atomic E-state index is 12.5. The van der Waals surface area contributed by atoms with Gasteiger partial charge in [0.15, 0.2) is 0 Å². The smallest absolute Gasteiger partial charge is 0.338 e. The Balaban J connectivity index is 1.41. The first-order chi connectivity index (χ1) is 16.5. The molecular weight excluding hydrogens is 440 g/mol. The second kappa shape index (κ2) is 12.3. The third kappa shape index (κ3) is 7.30. The lowest BCUT2D eigenvalue weighted by atomic mass is 9.82. The molecule has 1 aliphatic rings. The Labute approximate surface area is 197 Å². The van der Waals surface area contributed by atoms with E-state index in [2.05, 4.69) is 6.58 Å². The predicted molar refractivity (Wildman–Crippen MR) is 121 cm³/mol. The predicted octanol–water partition coefficient (Wildman–Crippen LogP) is 3.89. The summed E-state index contributed by atoms with van der Waals surface area (Å²) in [6, 6.07) is 14.9. The molecule has 0 saturated heterocycles. The van der Waals surface area contributed by atoms with Crippen molar-refractivity contribution in [1.29, 1.82) is 0 Å². The third-order valence-electron chi connectivity index (χ3n) is 5.39. The number of rotatable bonds is 9. The van der Waals surface area contributed by atoms with E-state index in [1.165, 1.54) is 24.3 Å². The minimum absolute atomic E-state index is 0.0709. The summed E-state index contributed by atoms with van der Waals surface area (Å²) in [5, 5.41) is 0. The molecule has 0 unspecified atom stereocenters. The summed E-state index contributed by atoms with van der Waals surface area (Å²) in [5.74, 6) is -1.55. The van der Waals surface area contributed by atoms with Crippen molar-refractivity contribution < 1.29 is 38.1 Å². The first-order valence-electron chi connectivity index (χ1n) is 11.0. The Morgan fingerprint density at radius 2 is 1.24 bits per heavy atom. The lowest BCUT2D eigenvalue weighted by molar-refractivity contribution is -0.145. The summed E-state index contributed by atoms with van der Waals surface area (Å²) in [6.07, 6.45) is 3.20. The molecule has 0 N–H and O–H groups in total. The molecule has 178 valence electrons. The molecule has 2 aromatic rings. The molecular formula is C26H26O8. The van der Waals surface area contributed by atoms with Crippen LogP contribution in [0.15, 0.2) is 67.3 Å². The van der Waals surface area contributed by atoms with E-state index in [9.17, 15) is 19.2 Å². The van der Waals surface area contributed by atoms with Gasteiger partial charge in [-0.2, -0.15) is 0 Å². The minimum atomic E-state index is -0.595. The summed E-state index contributed by atoms with van der Waals surface area (Å²) in [7, 11) is 0. The molecule has 0 aromatic heterocycles. The van der Waals surface area contributed by atoms with Crippen molar-refractivity contribution in [3.05, 3.63) is 72.8 Å². The van der Waals surface area contributed by atoms with Crippen molar-refractivity contribution in [3.8, 4) is 11.5 Å². The monoisotopic (exact) mass is 466 g/mol.